The van der Waals surface area contributed by atoms with Gasteiger partial charge in [-0.05, 0) is 6.07 Å². The van der Waals surface area contributed by atoms with Gasteiger partial charge in [0.05, 0.1) is 16.6 Å². The monoisotopic (exact) mass is 300 g/mol. The van der Waals surface area contributed by atoms with Crippen LogP contribution in [0.3, 0.4) is 0 Å². The molecular weight excluding hydrogens is 288 g/mol. The van der Waals surface area contributed by atoms with Crippen molar-refractivity contribution < 1.29 is 19.6 Å². The number of amides is 1. The molecule has 0 spiro atoms. The van der Waals surface area contributed by atoms with Gasteiger partial charge in [-0.3, -0.25) is 14.9 Å². The molecule has 2 N–H and O–H groups in total. The Morgan fingerprint density at radius 3 is 2.95 bits per heavy atom. The van der Waals surface area contributed by atoms with Crippen molar-refractivity contribution in [3.05, 3.63) is 38.9 Å². The van der Waals surface area contributed by atoms with Crippen LogP contribution in [0.4, 0.5) is 5.69 Å². The number of nitrogens with zero attached hydrogens (tertiary/aromatic N) is 1. The highest BCUT2D eigenvalue weighted by Gasteiger charge is 2.33. The van der Waals surface area contributed by atoms with Crippen molar-refractivity contribution in [2.24, 2.45) is 0 Å². The molecule has 1 amide bonds. The van der Waals surface area contributed by atoms with Crippen molar-refractivity contribution in [1.82, 2.24) is 5.32 Å². The van der Waals surface area contributed by atoms with Gasteiger partial charge in [0.1, 0.15) is 11.2 Å². The molecule has 0 radical (unpaired) electrons. The Bertz CT molecular complexity index is 543. The van der Waals surface area contributed by atoms with Gasteiger partial charge in [0.2, 0.25) is 0 Å². The van der Waals surface area contributed by atoms with E-state index in [0.717, 1.165) is 0 Å². The standard InChI is InChI=1S/C12H13ClN2O5/c13-8-2-1-3-9(15(18)19)10(8)11(16)14-6-12(17)4-5-20-7-12/h1-3,17H,4-7H2,(H,14,16). The third-order valence-corrected chi connectivity index (χ3v) is 3.39. The highest BCUT2D eigenvalue weighted by molar-refractivity contribution is 6.34. The smallest absolute Gasteiger partial charge is 0.283 e. The van der Waals surface area contributed by atoms with Gasteiger partial charge in [-0.15, -0.1) is 0 Å². The fourth-order valence-electron chi connectivity index (χ4n) is 1.96. The van der Waals surface area contributed by atoms with Crippen LogP contribution in [0.1, 0.15) is 16.8 Å². The van der Waals surface area contributed by atoms with Crippen LogP contribution in [0.15, 0.2) is 18.2 Å². The van der Waals surface area contributed by atoms with Crippen LogP contribution in [-0.2, 0) is 4.74 Å². The Morgan fingerprint density at radius 1 is 1.60 bits per heavy atom. The Labute approximate surface area is 119 Å². The predicted molar refractivity (Wildman–Crippen MR) is 70.8 cm³/mol. The Kier molecular flexibility index (Phi) is 4.22. The molecule has 8 heteroatoms. The maximum absolute atomic E-state index is 12.0. The van der Waals surface area contributed by atoms with Crippen LogP contribution in [0, 0.1) is 10.1 Å². The molecule has 1 heterocycles. The van der Waals surface area contributed by atoms with Crippen molar-refractivity contribution in [3.8, 4) is 0 Å². The highest BCUT2D eigenvalue weighted by atomic mass is 35.5. The summed E-state index contributed by atoms with van der Waals surface area (Å²) in [6.45, 7) is 0.491. The number of ether oxygens (including phenoxy) is 1. The molecule has 1 unspecified atom stereocenters. The molecule has 1 saturated heterocycles. The molecule has 20 heavy (non-hydrogen) atoms. The molecule has 1 atom stereocenters. The number of halogens is 1. The zero-order chi connectivity index (χ0) is 14.8. The number of aliphatic hydroxyl groups is 1. The average Bonchev–Trinajstić information content (AvgIpc) is 2.83. The summed E-state index contributed by atoms with van der Waals surface area (Å²) in [5.74, 6) is -0.692. The summed E-state index contributed by atoms with van der Waals surface area (Å²) in [6, 6.07) is 4.00. The van der Waals surface area contributed by atoms with E-state index in [-0.39, 0.29) is 29.4 Å². The van der Waals surface area contributed by atoms with Crippen LogP contribution in [0.25, 0.3) is 0 Å². The van der Waals surface area contributed by atoms with Gasteiger partial charge in [-0.1, -0.05) is 17.7 Å². The topological polar surface area (TPSA) is 102 Å². The first-order chi connectivity index (χ1) is 9.43. The molecule has 1 aliphatic rings. The van der Waals surface area contributed by atoms with Gasteiger partial charge in [-0.25, -0.2) is 0 Å². The van der Waals surface area contributed by atoms with Gasteiger partial charge < -0.3 is 15.2 Å². The molecular formula is C12H13ClN2O5. The van der Waals surface area contributed by atoms with E-state index in [0.29, 0.717) is 13.0 Å². The average molecular weight is 301 g/mol. The molecule has 0 saturated carbocycles. The van der Waals surface area contributed by atoms with Crippen molar-refractivity contribution in [3.63, 3.8) is 0 Å². The summed E-state index contributed by atoms with van der Waals surface area (Å²) >= 11 is 5.85. The molecule has 1 fully saturated rings. The third-order valence-electron chi connectivity index (χ3n) is 3.08. The van der Waals surface area contributed by atoms with Gasteiger partial charge in [0.25, 0.3) is 11.6 Å². The molecule has 7 nitrogen and oxygen atoms in total. The Morgan fingerprint density at radius 2 is 2.35 bits per heavy atom. The number of carbonyl (C=O) groups is 1. The second-order valence-electron chi connectivity index (χ2n) is 4.60. The minimum atomic E-state index is -1.13. The van der Waals surface area contributed by atoms with E-state index >= 15 is 0 Å². The number of hydrogen-bond acceptors (Lipinski definition) is 5. The minimum absolute atomic E-state index is 0.00800. The van der Waals surface area contributed by atoms with Gasteiger partial charge in [0, 0.05) is 25.6 Å². The largest absolute Gasteiger partial charge is 0.386 e. The summed E-state index contributed by atoms with van der Waals surface area (Å²) in [7, 11) is 0. The van der Waals surface area contributed by atoms with E-state index in [9.17, 15) is 20.0 Å². The molecule has 0 bridgehead atoms. The van der Waals surface area contributed by atoms with Crippen LogP contribution in [0.5, 0.6) is 0 Å². The van der Waals surface area contributed by atoms with Crippen LogP contribution < -0.4 is 5.32 Å². The maximum atomic E-state index is 12.0. The van der Waals surface area contributed by atoms with Crippen molar-refractivity contribution in [2.75, 3.05) is 19.8 Å². The van der Waals surface area contributed by atoms with E-state index in [1.807, 2.05) is 0 Å². The number of nitro benzene ring substituents is 1. The first-order valence-electron chi connectivity index (χ1n) is 5.94. The molecule has 0 aliphatic carbocycles. The maximum Gasteiger partial charge on any atom is 0.283 e. The zero-order valence-electron chi connectivity index (χ0n) is 10.5. The fourth-order valence-corrected chi connectivity index (χ4v) is 2.21. The van der Waals surface area contributed by atoms with Crippen molar-refractivity contribution in [1.29, 1.82) is 0 Å². The molecule has 0 aromatic heterocycles. The Balaban J connectivity index is 2.15. The van der Waals surface area contributed by atoms with Crippen LogP contribution in [-0.4, -0.2) is 41.3 Å². The first-order valence-corrected chi connectivity index (χ1v) is 6.32. The van der Waals surface area contributed by atoms with Gasteiger partial charge in [-0.2, -0.15) is 0 Å². The molecule has 2 rings (SSSR count). The normalized spacial score (nSPS) is 21.7. The van der Waals surface area contributed by atoms with Gasteiger partial charge in [0.15, 0.2) is 0 Å². The SMILES string of the molecule is O=C(NCC1(O)CCOC1)c1c(Cl)cccc1[N+](=O)[O-]. The number of nitro groups is 1. The quantitative estimate of drug-likeness (QED) is 0.641. The number of hydrogen-bond donors (Lipinski definition) is 2. The lowest BCUT2D eigenvalue weighted by Crippen LogP contribution is -2.43. The summed E-state index contributed by atoms with van der Waals surface area (Å²) in [5, 5.41) is 23.4. The fraction of sp³-hybridized carbons (Fsp3) is 0.417. The van der Waals surface area contributed by atoms with Gasteiger partial charge >= 0.3 is 0 Å². The van der Waals surface area contributed by atoms with E-state index in [1.165, 1.54) is 18.2 Å². The predicted octanol–water partition coefficient (Wildman–Crippen LogP) is 1.13. The summed E-state index contributed by atoms with van der Waals surface area (Å²) in [6.07, 6.45) is 0.401. The number of carbonyl (C=O) groups excluding carboxylic acids is 1. The minimum Gasteiger partial charge on any atom is -0.386 e. The van der Waals surface area contributed by atoms with E-state index < -0.39 is 16.4 Å². The Hall–Kier alpha value is -1.70. The lowest BCUT2D eigenvalue weighted by Gasteiger charge is -2.20. The summed E-state index contributed by atoms with van der Waals surface area (Å²) in [4.78, 5) is 22.3. The number of rotatable bonds is 4. The summed E-state index contributed by atoms with van der Waals surface area (Å²) < 4.78 is 5.05. The number of nitrogens with one attached hydrogen (secondary N) is 1. The van der Waals surface area contributed by atoms with E-state index in [2.05, 4.69) is 5.32 Å². The zero-order valence-corrected chi connectivity index (χ0v) is 11.2. The lowest BCUT2D eigenvalue weighted by molar-refractivity contribution is -0.385. The highest BCUT2D eigenvalue weighted by Crippen LogP contribution is 2.26. The van der Waals surface area contributed by atoms with Crippen LogP contribution in [0.2, 0.25) is 5.02 Å². The molecule has 108 valence electrons. The summed E-state index contributed by atoms with van der Waals surface area (Å²) in [5.41, 5.74) is -1.71. The first kappa shape index (κ1) is 14.7. The second kappa shape index (κ2) is 5.74. The number of benzene rings is 1. The second-order valence-corrected chi connectivity index (χ2v) is 5.01. The lowest BCUT2D eigenvalue weighted by atomic mass is 10.0. The molecule has 1 aliphatic heterocycles. The van der Waals surface area contributed by atoms with E-state index in [4.69, 9.17) is 16.3 Å². The van der Waals surface area contributed by atoms with Crippen LogP contribution >= 0.6 is 11.6 Å². The molecule has 1 aromatic carbocycles. The van der Waals surface area contributed by atoms with E-state index in [1.54, 1.807) is 0 Å². The molecule has 1 aromatic rings. The van der Waals surface area contributed by atoms with Crippen molar-refractivity contribution >= 4 is 23.2 Å². The van der Waals surface area contributed by atoms with Crippen molar-refractivity contribution in [2.45, 2.75) is 12.0 Å². The third kappa shape index (κ3) is 3.06.